The van der Waals surface area contributed by atoms with Crippen molar-refractivity contribution < 1.29 is 18.7 Å². The van der Waals surface area contributed by atoms with Gasteiger partial charge in [-0.15, -0.1) is 0 Å². The van der Waals surface area contributed by atoms with Crippen LogP contribution in [-0.4, -0.2) is 18.5 Å². The van der Waals surface area contributed by atoms with Gasteiger partial charge in [-0.25, -0.2) is 9.18 Å². The Morgan fingerprint density at radius 2 is 1.95 bits per heavy atom. The van der Waals surface area contributed by atoms with Gasteiger partial charge < -0.3 is 10.1 Å². The molecule has 0 fully saturated rings. The van der Waals surface area contributed by atoms with Crippen LogP contribution in [0, 0.1) is 17.1 Å². The summed E-state index contributed by atoms with van der Waals surface area (Å²) in [5.74, 6) is -1.79. The molecule has 110 valence electrons. The predicted molar refractivity (Wildman–Crippen MR) is 76.5 cm³/mol. The Labute approximate surface area is 125 Å². The highest BCUT2D eigenvalue weighted by molar-refractivity contribution is 5.95. The molecule has 6 heteroatoms. The van der Waals surface area contributed by atoms with Gasteiger partial charge in [-0.3, -0.25) is 4.79 Å². The molecule has 0 aliphatic heterocycles. The molecule has 0 heterocycles. The zero-order valence-electron chi connectivity index (χ0n) is 11.4. The lowest BCUT2D eigenvalue weighted by Crippen LogP contribution is -2.21. The normalized spacial score (nSPS) is 9.64. The molecular formula is C16H11FN2O3. The predicted octanol–water partition coefficient (Wildman–Crippen LogP) is 2.49. The average Bonchev–Trinajstić information content (AvgIpc) is 2.52. The standard InChI is InChI=1S/C16H11FN2O3/c17-13-5-2-6-14(8-13)19-15(20)10-22-16(21)12-4-1-3-11(7-12)9-18/h1-8H,10H2,(H,19,20). The molecule has 0 saturated carbocycles. The SMILES string of the molecule is N#Cc1cccc(C(=O)OCC(=O)Nc2cccc(F)c2)c1. The first-order chi connectivity index (χ1) is 10.6. The number of amides is 1. The summed E-state index contributed by atoms with van der Waals surface area (Å²) in [6.45, 7) is -0.508. The highest BCUT2D eigenvalue weighted by Crippen LogP contribution is 2.09. The number of carbonyl (C=O) groups is 2. The number of nitrogens with one attached hydrogen (secondary N) is 1. The van der Waals surface area contributed by atoms with Crippen molar-refractivity contribution in [3.05, 3.63) is 65.5 Å². The first kappa shape index (κ1) is 15.2. The number of hydrogen-bond acceptors (Lipinski definition) is 4. The molecule has 0 aromatic heterocycles. The zero-order valence-corrected chi connectivity index (χ0v) is 11.4. The monoisotopic (exact) mass is 298 g/mol. The lowest BCUT2D eigenvalue weighted by Gasteiger charge is -2.06. The second-order valence-corrected chi connectivity index (χ2v) is 4.33. The number of ether oxygens (including phenoxy) is 1. The van der Waals surface area contributed by atoms with Crippen LogP contribution in [0.3, 0.4) is 0 Å². The minimum Gasteiger partial charge on any atom is -0.452 e. The Hall–Kier alpha value is -3.20. The molecule has 0 atom stereocenters. The van der Waals surface area contributed by atoms with E-state index in [0.29, 0.717) is 5.56 Å². The lowest BCUT2D eigenvalue weighted by molar-refractivity contribution is -0.119. The largest absolute Gasteiger partial charge is 0.452 e. The Morgan fingerprint density at radius 1 is 1.18 bits per heavy atom. The zero-order chi connectivity index (χ0) is 15.9. The summed E-state index contributed by atoms with van der Waals surface area (Å²) in [5, 5.41) is 11.2. The number of anilines is 1. The van der Waals surface area contributed by atoms with Crippen molar-refractivity contribution in [2.24, 2.45) is 0 Å². The molecule has 0 aliphatic rings. The second kappa shape index (κ2) is 6.99. The van der Waals surface area contributed by atoms with Crippen LogP contribution >= 0.6 is 0 Å². The van der Waals surface area contributed by atoms with Crippen LogP contribution in [0.1, 0.15) is 15.9 Å². The minimum absolute atomic E-state index is 0.178. The van der Waals surface area contributed by atoms with Crippen molar-refractivity contribution in [2.75, 3.05) is 11.9 Å². The van der Waals surface area contributed by atoms with Gasteiger partial charge in [0.1, 0.15) is 5.82 Å². The molecule has 1 N–H and O–H groups in total. The van der Waals surface area contributed by atoms with Gasteiger partial charge >= 0.3 is 5.97 Å². The summed E-state index contributed by atoms with van der Waals surface area (Å²) in [6, 6.07) is 13.2. The molecule has 0 spiro atoms. The van der Waals surface area contributed by atoms with Crippen LogP contribution in [-0.2, 0) is 9.53 Å². The number of carbonyl (C=O) groups excluding carboxylic acids is 2. The third-order valence-corrected chi connectivity index (χ3v) is 2.67. The van der Waals surface area contributed by atoms with E-state index >= 15 is 0 Å². The van der Waals surface area contributed by atoms with Crippen LogP contribution in [0.5, 0.6) is 0 Å². The number of rotatable bonds is 4. The van der Waals surface area contributed by atoms with E-state index in [1.807, 2.05) is 6.07 Å². The molecule has 0 radical (unpaired) electrons. The van der Waals surface area contributed by atoms with E-state index in [1.165, 1.54) is 30.3 Å². The van der Waals surface area contributed by atoms with Crippen LogP contribution in [0.2, 0.25) is 0 Å². The maximum absolute atomic E-state index is 13.0. The third-order valence-electron chi connectivity index (χ3n) is 2.67. The van der Waals surface area contributed by atoms with Gasteiger partial charge in [0.15, 0.2) is 6.61 Å². The summed E-state index contributed by atoms with van der Waals surface area (Å²) >= 11 is 0. The van der Waals surface area contributed by atoms with Gasteiger partial charge in [-0.05, 0) is 36.4 Å². The van der Waals surface area contributed by atoms with Crippen LogP contribution < -0.4 is 5.32 Å². The van der Waals surface area contributed by atoms with E-state index < -0.39 is 24.3 Å². The molecule has 5 nitrogen and oxygen atoms in total. The van der Waals surface area contributed by atoms with Crippen LogP contribution in [0.15, 0.2) is 48.5 Å². The summed E-state index contributed by atoms with van der Waals surface area (Å²) in [5.41, 5.74) is 0.767. The first-order valence-electron chi connectivity index (χ1n) is 6.31. The van der Waals surface area contributed by atoms with Gasteiger partial charge in [0.05, 0.1) is 17.2 Å². The van der Waals surface area contributed by atoms with Gasteiger partial charge in [-0.1, -0.05) is 12.1 Å². The fourth-order valence-electron chi connectivity index (χ4n) is 1.69. The second-order valence-electron chi connectivity index (χ2n) is 4.33. The molecule has 0 bridgehead atoms. The fourth-order valence-corrected chi connectivity index (χ4v) is 1.69. The number of hydrogen-bond donors (Lipinski definition) is 1. The molecule has 1 amide bonds. The summed E-state index contributed by atoms with van der Waals surface area (Å²) in [6.07, 6.45) is 0. The molecule has 0 saturated heterocycles. The van der Waals surface area contributed by atoms with Crippen molar-refractivity contribution in [3.63, 3.8) is 0 Å². The van der Waals surface area contributed by atoms with Crippen molar-refractivity contribution in [1.29, 1.82) is 5.26 Å². The van der Waals surface area contributed by atoms with Crippen molar-refractivity contribution >= 4 is 17.6 Å². The quantitative estimate of drug-likeness (QED) is 0.879. The number of halogens is 1. The lowest BCUT2D eigenvalue weighted by atomic mass is 10.1. The van der Waals surface area contributed by atoms with Crippen LogP contribution in [0.4, 0.5) is 10.1 Å². The fraction of sp³-hybridized carbons (Fsp3) is 0.0625. The molecular weight excluding hydrogens is 287 g/mol. The molecule has 0 aliphatic carbocycles. The van der Waals surface area contributed by atoms with E-state index in [0.717, 1.165) is 6.07 Å². The highest BCUT2D eigenvalue weighted by Gasteiger charge is 2.11. The van der Waals surface area contributed by atoms with Crippen molar-refractivity contribution in [1.82, 2.24) is 0 Å². The number of nitriles is 1. The van der Waals surface area contributed by atoms with E-state index in [2.05, 4.69) is 5.32 Å². The van der Waals surface area contributed by atoms with Gasteiger partial charge in [0, 0.05) is 5.69 Å². The Balaban J connectivity index is 1.90. The summed E-state index contributed by atoms with van der Waals surface area (Å²) in [7, 11) is 0. The molecule has 0 unspecified atom stereocenters. The number of esters is 1. The van der Waals surface area contributed by atoms with Crippen molar-refractivity contribution in [2.45, 2.75) is 0 Å². The van der Waals surface area contributed by atoms with E-state index in [9.17, 15) is 14.0 Å². The first-order valence-corrected chi connectivity index (χ1v) is 6.31. The number of nitrogens with zero attached hydrogens (tertiary/aromatic N) is 1. The minimum atomic E-state index is -0.716. The molecule has 2 aromatic carbocycles. The van der Waals surface area contributed by atoms with E-state index in [4.69, 9.17) is 10.00 Å². The number of benzene rings is 2. The maximum atomic E-state index is 13.0. The third kappa shape index (κ3) is 4.15. The van der Waals surface area contributed by atoms with E-state index in [-0.39, 0.29) is 11.3 Å². The van der Waals surface area contributed by atoms with Crippen molar-refractivity contribution in [3.8, 4) is 6.07 Å². The molecule has 22 heavy (non-hydrogen) atoms. The van der Waals surface area contributed by atoms with E-state index in [1.54, 1.807) is 12.1 Å². The average molecular weight is 298 g/mol. The Bertz CT molecular complexity index is 753. The highest BCUT2D eigenvalue weighted by atomic mass is 19.1. The topological polar surface area (TPSA) is 79.2 Å². The Morgan fingerprint density at radius 3 is 2.68 bits per heavy atom. The maximum Gasteiger partial charge on any atom is 0.338 e. The van der Waals surface area contributed by atoms with Crippen LogP contribution in [0.25, 0.3) is 0 Å². The molecule has 2 aromatic rings. The van der Waals surface area contributed by atoms with Gasteiger partial charge in [-0.2, -0.15) is 5.26 Å². The smallest absolute Gasteiger partial charge is 0.338 e. The summed E-state index contributed by atoms with van der Waals surface area (Å²) < 4.78 is 17.8. The van der Waals surface area contributed by atoms with Gasteiger partial charge in [0.2, 0.25) is 0 Å². The summed E-state index contributed by atoms with van der Waals surface area (Å²) in [4.78, 5) is 23.4. The van der Waals surface area contributed by atoms with Gasteiger partial charge in [0.25, 0.3) is 5.91 Å². The Kier molecular flexibility index (Phi) is 4.83. The molecule has 2 rings (SSSR count).